The molecule has 2 aromatic rings. The summed E-state index contributed by atoms with van der Waals surface area (Å²) < 4.78 is 26.8. The zero-order chi connectivity index (χ0) is 18.9. The van der Waals surface area contributed by atoms with Crippen LogP contribution in [-0.2, 0) is 10.0 Å². The summed E-state index contributed by atoms with van der Waals surface area (Å²) in [5.74, 6) is 0. The maximum absolute atomic E-state index is 13.0. The van der Waals surface area contributed by atoms with Crippen LogP contribution in [-0.4, -0.2) is 48.0 Å². The lowest BCUT2D eigenvalue weighted by molar-refractivity contribution is 0.192. The van der Waals surface area contributed by atoms with Gasteiger partial charge in [0.25, 0.3) is 10.0 Å². The van der Waals surface area contributed by atoms with Gasteiger partial charge in [-0.2, -0.15) is 0 Å². The van der Waals surface area contributed by atoms with Crippen LogP contribution < -0.4 is 0 Å². The molecule has 2 atom stereocenters. The second-order valence-electron chi connectivity index (χ2n) is 6.47. The van der Waals surface area contributed by atoms with Gasteiger partial charge in [-0.25, -0.2) is 17.5 Å². The second-order valence-corrected chi connectivity index (χ2v) is 8.29. The number of amides is 2. The summed E-state index contributed by atoms with van der Waals surface area (Å²) in [5.41, 5.74) is 1.84. The summed E-state index contributed by atoms with van der Waals surface area (Å²) in [7, 11) is -4.03. The fourth-order valence-electron chi connectivity index (χ4n) is 3.15. The lowest BCUT2D eigenvalue weighted by Crippen LogP contribution is -2.41. The summed E-state index contributed by atoms with van der Waals surface area (Å²) >= 11 is 0. The zero-order valence-electron chi connectivity index (χ0n) is 14.7. The van der Waals surface area contributed by atoms with Crippen LogP contribution in [0.3, 0.4) is 0 Å². The first kappa shape index (κ1) is 18.4. The van der Waals surface area contributed by atoms with Crippen LogP contribution in [0.1, 0.15) is 24.1 Å². The monoisotopic (exact) mass is 374 g/mol. The molecular formula is C19H22N2O4S. The highest BCUT2D eigenvalue weighted by Crippen LogP contribution is 2.31. The number of aliphatic hydroxyl groups excluding tert-OH is 1. The highest BCUT2D eigenvalue weighted by Gasteiger charge is 2.46. The average molecular weight is 374 g/mol. The molecular weight excluding hydrogens is 352 g/mol. The molecule has 138 valence electrons. The van der Waals surface area contributed by atoms with Crippen LogP contribution in [0.25, 0.3) is 0 Å². The first-order chi connectivity index (χ1) is 12.4. The molecule has 1 aliphatic rings. The molecule has 3 rings (SSSR count). The van der Waals surface area contributed by atoms with Gasteiger partial charge < -0.3 is 10.0 Å². The SMILES string of the molecule is Cc1ccc(S(=O)(=O)N2C(=O)N([C@H](C)c3ccccc3)C[C@@H]2CO)cc1. The number of nitrogens with zero attached hydrogens (tertiary/aromatic N) is 2. The first-order valence-electron chi connectivity index (χ1n) is 8.43. The molecule has 1 aliphatic heterocycles. The van der Waals surface area contributed by atoms with E-state index in [4.69, 9.17) is 0 Å². The first-order valence-corrected chi connectivity index (χ1v) is 9.87. The van der Waals surface area contributed by atoms with Crippen molar-refractivity contribution in [2.75, 3.05) is 13.2 Å². The van der Waals surface area contributed by atoms with Gasteiger partial charge in [-0.1, -0.05) is 48.0 Å². The molecule has 7 heteroatoms. The Balaban J connectivity index is 1.94. The Bertz CT molecular complexity index is 882. The van der Waals surface area contributed by atoms with Crippen LogP contribution in [0.2, 0.25) is 0 Å². The van der Waals surface area contributed by atoms with E-state index in [9.17, 15) is 18.3 Å². The van der Waals surface area contributed by atoms with Crippen LogP contribution in [0.4, 0.5) is 4.79 Å². The average Bonchev–Trinajstić information content (AvgIpc) is 2.99. The minimum absolute atomic E-state index is 0.0455. The van der Waals surface area contributed by atoms with E-state index >= 15 is 0 Å². The number of sulfonamides is 1. The van der Waals surface area contributed by atoms with Gasteiger partial charge in [0, 0.05) is 6.54 Å². The number of urea groups is 1. The third-order valence-corrected chi connectivity index (χ3v) is 6.55. The molecule has 1 heterocycles. The van der Waals surface area contributed by atoms with Crippen LogP contribution in [0.5, 0.6) is 0 Å². The van der Waals surface area contributed by atoms with Crippen molar-refractivity contribution in [1.82, 2.24) is 9.21 Å². The number of carbonyl (C=O) groups excluding carboxylic acids is 1. The number of aryl methyl sites for hydroxylation is 1. The van der Waals surface area contributed by atoms with E-state index in [2.05, 4.69) is 0 Å². The molecule has 2 aromatic carbocycles. The molecule has 1 N–H and O–H groups in total. The van der Waals surface area contributed by atoms with Crippen LogP contribution >= 0.6 is 0 Å². The Morgan fingerprint density at radius 2 is 1.73 bits per heavy atom. The molecule has 26 heavy (non-hydrogen) atoms. The Kier molecular flexibility index (Phi) is 5.02. The van der Waals surface area contributed by atoms with E-state index in [1.54, 1.807) is 12.1 Å². The van der Waals surface area contributed by atoms with E-state index in [1.807, 2.05) is 44.2 Å². The molecule has 0 unspecified atom stereocenters. The number of carbonyl (C=O) groups is 1. The summed E-state index contributed by atoms with van der Waals surface area (Å²) in [5, 5.41) is 9.69. The standard InChI is InChI=1S/C19H22N2O4S/c1-14-8-10-18(11-9-14)26(24,25)21-17(13-22)12-20(19(21)23)15(2)16-6-4-3-5-7-16/h3-11,15,17,22H,12-13H2,1-2H3/t15-,17-/m1/s1. The molecule has 1 saturated heterocycles. The Morgan fingerprint density at radius 3 is 2.31 bits per heavy atom. The number of aliphatic hydroxyl groups is 1. The van der Waals surface area contributed by atoms with Crippen LogP contribution in [0.15, 0.2) is 59.5 Å². The van der Waals surface area contributed by atoms with Crippen LogP contribution in [0, 0.1) is 6.92 Å². The maximum Gasteiger partial charge on any atom is 0.334 e. The minimum Gasteiger partial charge on any atom is -0.394 e. The molecule has 2 amide bonds. The smallest absolute Gasteiger partial charge is 0.334 e. The largest absolute Gasteiger partial charge is 0.394 e. The molecule has 6 nitrogen and oxygen atoms in total. The van der Waals surface area contributed by atoms with E-state index in [1.165, 1.54) is 17.0 Å². The lowest BCUT2D eigenvalue weighted by Gasteiger charge is -2.25. The molecule has 0 bridgehead atoms. The van der Waals surface area contributed by atoms with Gasteiger partial charge in [0.05, 0.1) is 23.6 Å². The van der Waals surface area contributed by atoms with Gasteiger partial charge in [-0.15, -0.1) is 0 Å². The molecule has 1 fully saturated rings. The summed E-state index contributed by atoms with van der Waals surface area (Å²) in [6.45, 7) is 3.44. The molecule has 0 spiro atoms. The van der Waals surface area contributed by atoms with E-state index < -0.39 is 28.7 Å². The van der Waals surface area contributed by atoms with Gasteiger partial charge in [0.2, 0.25) is 0 Å². The second kappa shape index (κ2) is 7.09. The van der Waals surface area contributed by atoms with Crippen molar-refractivity contribution >= 4 is 16.1 Å². The third-order valence-electron chi connectivity index (χ3n) is 4.71. The summed E-state index contributed by atoms with van der Waals surface area (Å²) in [6.07, 6.45) is 0. The Hall–Kier alpha value is -2.38. The normalized spacial score (nSPS) is 19.0. The van der Waals surface area contributed by atoms with Crippen molar-refractivity contribution in [2.45, 2.75) is 30.8 Å². The highest BCUT2D eigenvalue weighted by molar-refractivity contribution is 7.89. The zero-order valence-corrected chi connectivity index (χ0v) is 15.6. The van der Waals surface area contributed by atoms with Gasteiger partial charge in [-0.05, 0) is 31.5 Å². The Morgan fingerprint density at radius 1 is 1.12 bits per heavy atom. The highest BCUT2D eigenvalue weighted by atomic mass is 32.2. The Labute approximate surface area is 153 Å². The van der Waals surface area contributed by atoms with Gasteiger partial charge in [0.15, 0.2) is 0 Å². The molecule has 0 saturated carbocycles. The van der Waals surface area contributed by atoms with E-state index in [0.717, 1.165) is 15.4 Å². The van der Waals surface area contributed by atoms with Gasteiger partial charge >= 0.3 is 6.03 Å². The predicted molar refractivity (Wildman–Crippen MR) is 98.0 cm³/mol. The van der Waals surface area contributed by atoms with Gasteiger partial charge in [0.1, 0.15) is 0 Å². The minimum atomic E-state index is -4.03. The molecule has 0 aromatic heterocycles. The number of hydrogen-bond donors (Lipinski definition) is 1. The van der Waals surface area contributed by atoms with Gasteiger partial charge in [-0.3, -0.25) is 0 Å². The van der Waals surface area contributed by atoms with Crippen molar-refractivity contribution in [3.8, 4) is 0 Å². The lowest BCUT2D eigenvalue weighted by atomic mass is 10.1. The number of benzene rings is 2. The van der Waals surface area contributed by atoms with Crippen molar-refractivity contribution in [1.29, 1.82) is 0 Å². The third kappa shape index (κ3) is 3.20. The van der Waals surface area contributed by atoms with Crippen molar-refractivity contribution in [3.05, 3.63) is 65.7 Å². The van der Waals surface area contributed by atoms with Crippen molar-refractivity contribution < 1.29 is 18.3 Å². The number of hydrogen-bond acceptors (Lipinski definition) is 4. The number of rotatable bonds is 5. The maximum atomic E-state index is 13.0. The van der Waals surface area contributed by atoms with E-state index in [-0.39, 0.29) is 17.5 Å². The topological polar surface area (TPSA) is 77.9 Å². The fraction of sp³-hybridized carbons (Fsp3) is 0.316. The molecule has 0 aliphatic carbocycles. The predicted octanol–water partition coefficient (Wildman–Crippen LogP) is 2.54. The summed E-state index contributed by atoms with van der Waals surface area (Å²) in [4.78, 5) is 14.5. The quantitative estimate of drug-likeness (QED) is 0.872. The fourth-order valence-corrected chi connectivity index (χ4v) is 4.70. The summed E-state index contributed by atoms with van der Waals surface area (Å²) in [6, 6.07) is 14.0. The van der Waals surface area contributed by atoms with Crippen molar-refractivity contribution in [3.63, 3.8) is 0 Å². The molecule has 0 radical (unpaired) electrons. The van der Waals surface area contributed by atoms with E-state index in [0.29, 0.717) is 0 Å². The van der Waals surface area contributed by atoms with Crippen molar-refractivity contribution in [2.24, 2.45) is 0 Å².